The van der Waals surface area contributed by atoms with Crippen LogP contribution in [0.2, 0.25) is 0 Å². The van der Waals surface area contributed by atoms with Gasteiger partial charge in [-0.3, -0.25) is 9.59 Å². The molecule has 1 rings (SSSR count). The van der Waals surface area contributed by atoms with E-state index in [1.165, 1.54) is 12.8 Å². The number of unbranched alkanes of at least 4 members (excludes halogenated alkanes) is 6. The molecule has 37 heavy (non-hydrogen) atoms. The van der Waals surface area contributed by atoms with Crippen LogP contribution < -0.4 is 0 Å². The second kappa shape index (κ2) is 16.7. The fraction of sp³-hybridized carbons (Fsp3) is 0.750. The lowest BCUT2D eigenvalue weighted by atomic mass is 9.75. The number of phenols is 2. The number of benzene rings is 1. The van der Waals surface area contributed by atoms with E-state index >= 15 is 0 Å². The van der Waals surface area contributed by atoms with Crippen molar-refractivity contribution in [1.29, 1.82) is 0 Å². The molecule has 0 unspecified atom stereocenters. The lowest BCUT2D eigenvalue weighted by Crippen LogP contribution is -2.21. The van der Waals surface area contributed by atoms with Gasteiger partial charge in [0.2, 0.25) is 0 Å². The molecular weight excluding hydrogens is 464 g/mol. The molecule has 1 aromatic carbocycles. The number of phenolic OH excluding ortho intramolecular Hbond substituents is 2. The molecule has 0 amide bonds. The van der Waals surface area contributed by atoms with Crippen LogP contribution >= 0.6 is 0 Å². The van der Waals surface area contributed by atoms with Crippen molar-refractivity contribution in [2.75, 3.05) is 6.61 Å². The van der Waals surface area contributed by atoms with Gasteiger partial charge in [0.05, 0.1) is 6.61 Å². The molecule has 0 saturated heterocycles. The van der Waals surface area contributed by atoms with Crippen LogP contribution in [0.25, 0.3) is 0 Å². The Morgan fingerprint density at radius 1 is 0.676 bits per heavy atom. The summed E-state index contributed by atoms with van der Waals surface area (Å²) >= 11 is 0. The van der Waals surface area contributed by atoms with Gasteiger partial charge in [0.25, 0.3) is 0 Å². The van der Waals surface area contributed by atoms with E-state index in [1.54, 1.807) is 12.1 Å². The molecule has 0 fully saturated rings. The Morgan fingerprint density at radius 2 is 1.14 bits per heavy atom. The molecule has 0 aliphatic rings. The molecule has 0 spiro atoms. The molecule has 212 valence electrons. The number of carbonyl (C=O) groups is 2. The number of hydrogen-bond donors (Lipinski definition) is 2. The second-order valence-electron chi connectivity index (χ2n) is 12.0. The number of esters is 1. The normalized spacial score (nSPS) is 12.1. The minimum Gasteiger partial charge on any atom is -0.508 e. The van der Waals surface area contributed by atoms with Crippen LogP contribution in [0.3, 0.4) is 0 Å². The maximum atomic E-state index is 12.2. The van der Waals surface area contributed by atoms with Gasteiger partial charge in [0, 0.05) is 30.4 Å². The number of ketones is 1. The number of hydrogen-bond acceptors (Lipinski definition) is 5. The molecule has 0 aromatic heterocycles. The first kappa shape index (κ1) is 33.0. The second-order valence-corrected chi connectivity index (χ2v) is 12.0. The molecular formula is C32H54O5. The average Bonchev–Trinajstić information content (AvgIpc) is 2.82. The van der Waals surface area contributed by atoms with Crippen molar-refractivity contribution in [2.24, 2.45) is 0 Å². The van der Waals surface area contributed by atoms with Gasteiger partial charge in [0.15, 0.2) is 0 Å². The lowest BCUT2D eigenvalue weighted by Gasteiger charge is -2.30. The molecule has 0 radical (unpaired) electrons. The maximum absolute atomic E-state index is 12.2. The SMILES string of the molecule is CCCCCCOC(=O)CCCC(C)(C)c1cc(O)c(C(C)(C)CCCC(=O)CCCCCC)cc1O. The van der Waals surface area contributed by atoms with E-state index < -0.39 is 5.41 Å². The Hall–Kier alpha value is -2.04. The summed E-state index contributed by atoms with van der Waals surface area (Å²) in [5.74, 6) is 0.479. The number of Topliss-reactive ketones (excluding diaryl/α,β-unsaturated/α-hetero) is 1. The van der Waals surface area contributed by atoms with Gasteiger partial charge in [0.1, 0.15) is 17.3 Å². The fourth-order valence-electron chi connectivity index (χ4n) is 4.99. The summed E-state index contributed by atoms with van der Waals surface area (Å²) in [5.41, 5.74) is 0.607. The first-order chi connectivity index (χ1) is 17.4. The van der Waals surface area contributed by atoms with Crippen LogP contribution in [0.4, 0.5) is 0 Å². The van der Waals surface area contributed by atoms with E-state index in [4.69, 9.17) is 4.74 Å². The Balaban J connectivity index is 2.64. The van der Waals surface area contributed by atoms with Crippen molar-refractivity contribution in [1.82, 2.24) is 0 Å². The van der Waals surface area contributed by atoms with Gasteiger partial charge >= 0.3 is 5.97 Å². The average molecular weight is 519 g/mol. The third kappa shape index (κ3) is 12.4. The van der Waals surface area contributed by atoms with Crippen molar-refractivity contribution < 1.29 is 24.5 Å². The highest BCUT2D eigenvalue weighted by atomic mass is 16.5. The highest BCUT2D eigenvalue weighted by Gasteiger charge is 2.30. The lowest BCUT2D eigenvalue weighted by molar-refractivity contribution is -0.144. The third-order valence-corrected chi connectivity index (χ3v) is 7.58. The van der Waals surface area contributed by atoms with Gasteiger partial charge in [-0.1, -0.05) is 80.1 Å². The zero-order chi connectivity index (χ0) is 27.9. The van der Waals surface area contributed by atoms with Crippen molar-refractivity contribution in [3.05, 3.63) is 23.3 Å². The standard InChI is InChI=1S/C32H54O5/c1-7-9-11-13-17-25(33)18-15-20-31(3,4)26-23-29(35)27(24-28(26)34)32(5,6)21-16-19-30(36)37-22-14-12-10-8-2/h23-24,34-35H,7-22H2,1-6H3. The Labute approximate surface area is 226 Å². The first-order valence-electron chi connectivity index (χ1n) is 14.7. The summed E-state index contributed by atoms with van der Waals surface area (Å²) in [7, 11) is 0. The van der Waals surface area contributed by atoms with Gasteiger partial charge in [-0.2, -0.15) is 0 Å². The number of aromatic hydroxyl groups is 2. The largest absolute Gasteiger partial charge is 0.508 e. The third-order valence-electron chi connectivity index (χ3n) is 7.58. The molecule has 0 aliphatic heterocycles. The molecule has 0 bridgehead atoms. The number of carbonyl (C=O) groups excluding carboxylic acids is 2. The van der Waals surface area contributed by atoms with Crippen LogP contribution in [0.15, 0.2) is 12.1 Å². The van der Waals surface area contributed by atoms with E-state index in [2.05, 4.69) is 13.8 Å². The van der Waals surface area contributed by atoms with Crippen molar-refractivity contribution in [3.8, 4) is 11.5 Å². The van der Waals surface area contributed by atoms with E-state index in [-0.39, 0.29) is 22.9 Å². The molecule has 5 heteroatoms. The quantitative estimate of drug-likeness (QED) is 0.102. The first-order valence-corrected chi connectivity index (χ1v) is 14.7. The molecule has 5 nitrogen and oxygen atoms in total. The highest BCUT2D eigenvalue weighted by molar-refractivity contribution is 5.78. The van der Waals surface area contributed by atoms with Crippen molar-refractivity contribution in [2.45, 2.75) is 149 Å². The van der Waals surface area contributed by atoms with Gasteiger partial charge in [-0.15, -0.1) is 0 Å². The maximum Gasteiger partial charge on any atom is 0.305 e. The predicted octanol–water partition coefficient (Wildman–Crippen LogP) is 8.66. The van der Waals surface area contributed by atoms with Crippen LogP contribution in [-0.4, -0.2) is 28.6 Å². The summed E-state index contributed by atoms with van der Waals surface area (Å²) < 4.78 is 5.33. The van der Waals surface area contributed by atoms with E-state index in [0.29, 0.717) is 55.6 Å². The Kier molecular flexibility index (Phi) is 14.9. The Morgan fingerprint density at radius 3 is 1.65 bits per heavy atom. The molecule has 0 saturated carbocycles. The van der Waals surface area contributed by atoms with Crippen molar-refractivity contribution >= 4 is 11.8 Å². The van der Waals surface area contributed by atoms with E-state index in [1.807, 2.05) is 27.7 Å². The number of rotatable bonds is 20. The van der Waals surface area contributed by atoms with Crippen LogP contribution in [-0.2, 0) is 25.2 Å². The molecule has 1 aromatic rings. The van der Waals surface area contributed by atoms with Crippen LogP contribution in [0, 0.1) is 0 Å². The molecule has 2 N–H and O–H groups in total. The summed E-state index contributed by atoms with van der Waals surface area (Å²) in [4.78, 5) is 24.3. The van der Waals surface area contributed by atoms with E-state index in [0.717, 1.165) is 51.4 Å². The minimum atomic E-state index is -0.407. The van der Waals surface area contributed by atoms with Crippen LogP contribution in [0.1, 0.15) is 149 Å². The van der Waals surface area contributed by atoms with Gasteiger partial charge in [-0.25, -0.2) is 0 Å². The zero-order valence-electron chi connectivity index (χ0n) is 24.6. The van der Waals surface area contributed by atoms with Gasteiger partial charge in [-0.05, 0) is 61.5 Å². The molecule has 0 heterocycles. The fourth-order valence-corrected chi connectivity index (χ4v) is 4.99. The zero-order valence-corrected chi connectivity index (χ0v) is 24.6. The Bertz CT molecular complexity index is 825. The predicted molar refractivity (Wildman–Crippen MR) is 152 cm³/mol. The smallest absolute Gasteiger partial charge is 0.305 e. The van der Waals surface area contributed by atoms with Crippen molar-refractivity contribution in [3.63, 3.8) is 0 Å². The highest BCUT2D eigenvalue weighted by Crippen LogP contribution is 2.43. The summed E-state index contributed by atoms with van der Waals surface area (Å²) in [6.07, 6.45) is 13.2. The molecule has 0 aliphatic carbocycles. The van der Waals surface area contributed by atoms with Crippen LogP contribution in [0.5, 0.6) is 11.5 Å². The minimum absolute atomic E-state index is 0.163. The monoisotopic (exact) mass is 518 g/mol. The summed E-state index contributed by atoms with van der Waals surface area (Å²) in [5, 5.41) is 21.8. The summed E-state index contributed by atoms with van der Waals surface area (Å²) in [6, 6.07) is 3.36. The molecule has 0 atom stereocenters. The summed E-state index contributed by atoms with van der Waals surface area (Å²) in [6.45, 7) is 12.9. The topological polar surface area (TPSA) is 83.8 Å². The van der Waals surface area contributed by atoms with Gasteiger partial charge < -0.3 is 14.9 Å². The van der Waals surface area contributed by atoms with E-state index in [9.17, 15) is 19.8 Å². The number of ether oxygens (including phenoxy) is 1.